The minimum absolute atomic E-state index is 0.0521. The molecule has 3 atom stereocenters. The number of unbranched alkanes of at least 4 members (excludes halogenated alkanes) is 4. The molecule has 2 aromatic heterocycles. The molecule has 1 fully saturated rings. The van der Waals surface area contributed by atoms with Gasteiger partial charge in [0.2, 0.25) is 5.82 Å². The molecule has 0 aromatic carbocycles. The number of anilines is 1. The van der Waals surface area contributed by atoms with Gasteiger partial charge in [0.1, 0.15) is 17.7 Å². The van der Waals surface area contributed by atoms with Crippen LogP contribution in [0.5, 0.6) is 0 Å². The lowest BCUT2D eigenvalue weighted by molar-refractivity contribution is -0.0162. The van der Waals surface area contributed by atoms with Crippen molar-refractivity contribution in [3.63, 3.8) is 0 Å². The lowest BCUT2D eigenvalue weighted by Gasteiger charge is -2.16. The number of rotatable bonds is 5. The van der Waals surface area contributed by atoms with Crippen LogP contribution < -0.4 is 5.73 Å². The third-order valence-corrected chi connectivity index (χ3v) is 4.20. The Morgan fingerprint density at radius 3 is 2.88 bits per heavy atom. The van der Waals surface area contributed by atoms with Gasteiger partial charge in [-0.1, -0.05) is 32.1 Å². The summed E-state index contributed by atoms with van der Waals surface area (Å²) in [4.78, 5) is 12.8. The molecular weight excluding hydrogens is 322 g/mol. The van der Waals surface area contributed by atoms with E-state index in [4.69, 9.17) is 10.5 Å². The Balaban J connectivity index is 1.83. The molecule has 3 heterocycles. The van der Waals surface area contributed by atoms with Gasteiger partial charge in [0.05, 0.1) is 12.9 Å². The van der Waals surface area contributed by atoms with Crippen molar-refractivity contribution in [3.05, 3.63) is 12.2 Å². The molecule has 3 unspecified atom stereocenters. The van der Waals surface area contributed by atoms with E-state index in [0.717, 1.165) is 12.8 Å². The van der Waals surface area contributed by atoms with Crippen LogP contribution >= 0.6 is 0 Å². The number of imidazole rings is 1. The van der Waals surface area contributed by atoms with Gasteiger partial charge in [-0.15, -0.1) is 0 Å². The van der Waals surface area contributed by atoms with Crippen LogP contribution in [0.1, 0.15) is 51.1 Å². The highest BCUT2D eigenvalue weighted by Gasteiger charge is 2.37. The highest BCUT2D eigenvalue weighted by atomic mass is 16.5. The second kappa shape index (κ2) is 7.78. The molecule has 1 aliphatic heterocycles. The summed E-state index contributed by atoms with van der Waals surface area (Å²) in [7, 11) is 0. The maximum Gasteiger partial charge on any atom is 0.208 e. The summed E-state index contributed by atoms with van der Waals surface area (Å²) in [5.41, 5.74) is 6.81. The van der Waals surface area contributed by atoms with E-state index in [1.807, 2.05) is 0 Å². The lowest BCUT2D eigenvalue weighted by Crippen LogP contribution is -2.28. The van der Waals surface area contributed by atoms with Crippen molar-refractivity contribution in [2.24, 2.45) is 0 Å². The van der Waals surface area contributed by atoms with E-state index in [1.54, 1.807) is 4.57 Å². The van der Waals surface area contributed by atoms with Crippen LogP contribution in [0.15, 0.2) is 6.33 Å². The Morgan fingerprint density at radius 2 is 2.16 bits per heavy atom. The van der Waals surface area contributed by atoms with Crippen LogP contribution in [0.25, 0.3) is 11.2 Å². The predicted octanol–water partition coefficient (Wildman–Crippen LogP) is 0.981. The van der Waals surface area contributed by atoms with Crippen molar-refractivity contribution in [2.45, 2.75) is 57.5 Å². The van der Waals surface area contributed by atoms with Crippen LogP contribution in [0.2, 0.25) is 0 Å². The van der Waals surface area contributed by atoms with Crippen LogP contribution in [-0.4, -0.2) is 48.5 Å². The smallest absolute Gasteiger partial charge is 0.208 e. The van der Waals surface area contributed by atoms with Gasteiger partial charge in [-0.3, -0.25) is 4.57 Å². The molecule has 8 nitrogen and oxygen atoms in total. The average Bonchev–Trinajstić information content (AvgIpc) is 3.15. The van der Waals surface area contributed by atoms with E-state index in [2.05, 4.69) is 33.7 Å². The molecule has 8 heteroatoms. The summed E-state index contributed by atoms with van der Waals surface area (Å²) in [6.45, 7) is 2.22. The highest BCUT2D eigenvalue weighted by molar-refractivity contribution is 5.82. The van der Waals surface area contributed by atoms with E-state index in [-0.39, 0.29) is 12.4 Å². The molecular formula is C17H23N5O3. The zero-order chi connectivity index (χ0) is 17.8. The summed E-state index contributed by atoms with van der Waals surface area (Å²) >= 11 is 0. The molecule has 1 aliphatic rings. The largest absolute Gasteiger partial charge is 0.388 e. The van der Waals surface area contributed by atoms with Crippen molar-refractivity contribution in [2.75, 3.05) is 12.3 Å². The number of nitrogens with two attached hydrogens (primary N) is 1. The van der Waals surface area contributed by atoms with Crippen LogP contribution in [-0.2, 0) is 4.74 Å². The molecule has 0 amide bonds. The Labute approximate surface area is 146 Å². The monoisotopic (exact) mass is 345 g/mol. The van der Waals surface area contributed by atoms with Crippen LogP contribution in [0, 0.1) is 11.8 Å². The zero-order valence-corrected chi connectivity index (χ0v) is 14.2. The van der Waals surface area contributed by atoms with E-state index < -0.39 is 18.4 Å². The number of aliphatic hydroxyl groups excluding tert-OH is 2. The summed E-state index contributed by atoms with van der Waals surface area (Å²) < 4.78 is 6.99. The first-order valence-corrected chi connectivity index (χ1v) is 8.58. The normalized spacial score (nSPS) is 22.9. The maximum absolute atomic E-state index is 10.0. The first-order chi connectivity index (χ1) is 12.1. The third-order valence-electron chi connectivity index (χ3n) is 4.20. The van der Waals surface area contributed by atoms with Gasteiger partial charge in [-0.2, -0.15) is 0 Å². The number of nitrogens with zero attached hydrogens (tertiary/aromatic N) is 4. The highest BCUT2D eigenvalue weighted by Crippen LogP contribution is 2.28. The van der Waals surface area contributed by atoms with Gasteiger partial charge in [0.15, 0.2) is 17.7 Å². The first-order valence-electron chi connectivity index (χ1n) is 8.58. The molecule has 0 aliphatic carbocycles. The van der Waals surface area contributed by atoms with Crippen LogP contribution in [0.3, 0.4) is 0 Å². The summed E-state index contributed by atoms with van der Waals surface area (Å²) in [6, 6.07) is 0. The van der Waals surface area contributed by atoms with Gasteiger partial charge in [-0.25, -0.2) is 15.0 Å². The number of hydrogen-bond acceptors (Lipinski definition) is 7. The number of hydrogen-bond donors (Lipinski definition) is 3. The lowest BCUT2D eigenvalue weighted by atomic mass is 10.2. The van der Waals surface area contributed by atoms with E-state index in [0.29, 0.717) is 17.0 Å². The van der Waals surface area contributed by atoms with Crippen molar-refractivity contribution in [3.8, 4) is 11.8 Å². The molecule has 4 N–H and O–H groups in total. The maximum atomic E-state index is 10.0. The van der Waals surface area contributed by atoms with Crippen molar-refractivity contribution >= 4 is 17.0 Å². The minimum Gasteiger partial charge on any atom is -0.388 e. The minimum atomic E-state index is -1.05. The quantitative estimate of drug-likeness (QED) is 0.546. The second-order valence-corrected chi connectivity index (χ2v) is 6.15. The molecule has 134 valence electrons. The Bertz CT molecular complexity index is 795. The number of aliphatic hydroxyl groups is 2. The van der Waals surface area contributed by atoms with E-state index in [1.165, 1.54) is 25.6 Å². The van der Waals surface area contributed by atoms with Crippen molar-refractivity contribution in [1.29, 1.82) is 0 Å². The molecule has 0 saturated carbocycles. The van der Waals surface area contributed by atoms with Gasteiger partial charge in [0, 0.05) is 6.42 Å². The molecule has 1 saturated heterocycles. The molecule has 0 radical (unpaired) electrons. The standard InChI is InChI=1S/C17H23N5O3/c1-2-3-4-5-6-7-8-12-20-15(18)13-16(21-12)22(10-19-13)17-14(24)11(23)9-25-17/h10-11,14,17,23-24H,2-6,9H2,1H3,(H2,18,20,21). The number of fused-ring (bicyclic) bond motifs is 1. The molecule has 25 heavy (non-hydrogen) atoms. The molecule has 3 rings (SSSR count). The van der Waals surface area contributed by atoms with Crippen molar-refractivity contribution in [1.82, 2.24) is 19.5 Å². The van der Waals surface area contributed by atoms with Crippen LogP contribution in [0.4, 0.5) is 5.82 Å². The third kappa shape index (κ3) is 3.74. The summed E-state index contributed by atoms with van der Waals surface area (Å²) in [5.74, 6) is 6.55. The number of aromatic nitrogens is 4. The second-order valence-electron chi connectivity index (χ2n) is 6.15. The number of ether oxygens (including phenoxy) is 1. The fraction of sp³-hybridized carbons (Fsp3) is 0.588. The fourth-order valence-electron chi connectivity index (χ4n) is 2.79. The predicted molar refractivity (Wildman–Crippen MR) is 92.4 cm³/mol. The molecule has 2 aromatic rings. The SMILES string of the molecule is CCCCCCC#Cc1nc(N)c2ncn(C3OCC(O)C3O)c2n1. The van der Waals surface area contributed by atoms with Crippen molar-refractivity contribution < 1.29 is 14.9 Å². The van der Waals surface area contributed by atoms with Gasteiger partial charge in [-0.05, 0) is 12.3 Å². The Hall–Kier alpha value is -2.21. The Morgan fingerprint density at radius 1 is 1.32 bits per heavy atom. The van der Waals surface area contributed by atoms with Gasteiger partial charge in [0.25, 0.3) is 0 Å². The molecule has 0 bridgehead atoms. The van der Waals surface area contributed by atoms with Gasteiger partial charge >= 0.3 is 0 Å². The molecule has 0 spiro atoms. The average molecular weight is 345 g/mol. The van der Waals surface area contributed by atoms with E-state index in [9.17, 15) is 10.2 Å². The van der Waals surface area contributed by atoms with E-state index >= 15 is 0 Å². The summed E-state index contributed by atoms with van der Waals surface area (Å²) in [6.07, 6.45) is 4.13. The first kappa shape index (κ1) is 17.6. The Kier molecular flexibility index (Phi) is 5.48. The zero-order valence-electron chi connectivity index (χ0n) is 14.2. The van der Waals surface area contributed by atoms with Gasteiger partial charge < -0.3 is 20.7 Å². The summed E-state index contributed by atoms with van der Waals surface area (Å²) in [5, 5.41) is 19.7. The topological polar surface area (TPSA) is 119 Å². The number of nitrogen functional groups attached to an aromatic ring is 1. The fourth-order valence-corrected chi connectivity index (χ4v) is 2.79.